The number of methoxy groups -OCH3 is 1. The molecule has 0 fully saturated rings. The van der Waals surface area contributed by atoms with Gasteiger partial charge in [0.25, 0.3) is 5.91 Å². The molecular formula is C18H18ClNO4S. The summed E-state index contributed by atoms with van der Waals surface area (Å²) >= 11 is 6.19. The number of benzene rings is 2. The number of hydrogen-bond donors (Lipinski definition) is 1. The second kappa shape index (κ2) is 8.78. The third kappa shape index (κ3) is 5.14. The Morgan fingerprint density at radius 3 is 2.36 bits per heavy atom. The highest BCUT2D eigenvalue weighted by Gasteiger charge is 2.21. The number of carbonyl (C=O) groups is 2. The molecule has 2 atom stereocenters. The SMILES string of the molecule is COC(=O)C[C@@H](NC(=O)c1ccc([S@@](C)=O)cc1)c1ccccc1Cl. The first-order valence-corrected chi connectivity index (χ1v) is 9.41. The van der Waals surface area contributed by atoms with Crippen molar-refractivity contribution in [2.24, 2.45) is 0 Å². The van der Waals surface area contributed by atoms with Crippen LogP contribution < -0.4 is 5.32 Å². The maximum Gasteiger partial charge on any atom is 0.307 e. The smallest absolute Gasteiger partial charge is 0.307 e. The van der Waals surface area contributed by atoms with Gasteiger partial charge in [-0.05, 0) is 35.9 Å². The Bertz CT molecular complexity index is 792. The normalized spacial score (nSPS) is 12.9. The molecule has 0 aliphatic carbocycles. The van der Waals surface area contributed by atoms with Crippen molar-refractivity contribution in [3.63, 3.8) is 0 Å². The molecule has 0 heterocycles. The molecule has 0 aromatic heterocycles. The van der Waals surface area contributed by atoms with Crippen LogP contribution in [0.2, 0.25) is 5.02 Å². The van der Waals surface area contributed by atoms with Crippen molar-refractivity contribution in [2.45, 2.75) is 17.4 Å². The van der Waals surface area contributed by atoms with E-state index < -0.39 is 22.8 Å². The average Bonchev–Trinajstić information content (AvgIpc) is 2.61. The quantitative estimate of drug-likeness (QED) is 0.783. The Hall–Kier alpha value is -2.18. The highest BCUT2D eigenvalue weighted by Crippen LogP contribution is 2.26. The summed E-state index contributed by atoms with van der Waals surface area (Å²) in [5.41, 5.74) is 1.03. The summed E-state index contributed by atoms with van der Waals surface area (Å²) in [5.74, 6) is -0.816. The molecule has 7 heteroatoms. The molecule has 0 bridgehead atoms. The van der Waals surface area contributed by atoms with Gasteiger partial charge in [0.1, 0.15) is 0 Å². The first-order valence-electron chi connectivity index (χ1n) is 7.48. The summed E-state index contributed by atoms with van der Waals surface area (Å²) in [7, 11) is 0.176. The fourth-order valence-corrected chi connectivity index (χ4v) is 3.07. The monoisotopic (exact) mass is 379 g/mol. The van der Waals surface area contributed by atoms with Crippen LogP contribution in [0.1, 0.15) is 28.4 Å². The van der Waals surface area contributed by atoms with E-state index in [4.69, 9.17) is 16.3 Å². The van der Waals surface area contributed by atoms with Crippen LogP contribution in [-0.4, -0.2) is 29.5 Å². The molecule has 0 unspecified atom stereocenters. The Kier molecular flexibility index (Phi) is 6.73. The largest absolute Gasteiger partial charge is 0.469 e. The molecule has 0 radical (unpaired) electrons. The maximum absolute atomic E-state index is 12.5. The average molecular weight is 380 g/mol. The molecule has 25 heavy (non-hydrogen) atoms. The summed E-state index contributed by atoms with van der Waals surface area (Å²) < 4.78 is 16.1. The van der Waals surface area contributed by atoms with Gasteiger partial charge in [0.05, 0.1) is 19.6 Å². The highest BCUT2D eigenvalue weighted by atomic mass is 35.5. The van der Waals surface area contributed by atoms with Crippen LogP contribution in [0.15, 0.2) is 53.4 Å². The molecular weight excluding hydrogens is 362 g/mol. The second-order valence-electron chi connectivity index (χ2n) is 5.31. The molecule has 2 aromatic carbocycles. The van der Waals surface area contributed by atoms with Gasteiger partial charge in [-0.2, -0.15) is 0 Å². The molecule has 5 nitrogen and oxygen atoms in total. The van der Waals surface area contributed by atoms with E-state index in [0.29, 0.717) is 21.0 Å². The summed E-state index contributed by atoms with van der Waals surface area (Å²) in [4.78, 5) is 24.8. The predicted octanol–water partition coefficient (Wildman–Crippen LogP) is 3.11. The highest BCUT2D eigenvalue weighted by molar-refractivity contribution is 7.84. The van der Waals surface area contributed by atoms with Crippen molar-refractivity contribution in [1.82, 2.24) is 5.32 Å². The fourth-order valence-electron chi connectivity index (χ4n) is 2.29. The Morgan fingerprint density at radius 2 is 1.80 bits per heavy atom. The third-order valence-corrected chi connectivity index (χ3v) is 4.91. The van der Waals surface area contributed by atoms with Crippen molar-refractivity contribution in [3.8, 4) is 0 Å². The number of halogens is 1. The van der Waals surface area contributed by atoms with Crippen LogP contribution in [0.4, 0.5) is 0 Å². The maximum atomic E-state index is 12.5. The van der Waals surface area contributed by atoms with Gasteiger partial charge in [-0.15, -0.1) is 0 Å². The molecule has 0 spiro atoms. The van der Waals surface area contributed by atoms with E-state index >= 15 is 0 Å². The Morgan fingerprint density at radius 1 is 1.16 bits per heavy atom. The van der Waals surface area contributed by atoms with Crippen LogP contribution in [0.5, 0.6) is 0 Å². The van der Waals surface area contributed by atoms with Crippen LogP contribution >= 0.6 is 11.6 Å². The molecule has 2 rings (SSSR count). The van der Waals surface area contributed by atoms with Crippen LogP contribution in [0.3, 0.4) is 0 Å². The number of rotatable bonds is 6. The minimum Gasteiger partial charge on any atom is -0.469 e. The first-order chi connectivity index (χ1) is 11.9. The molecule has 0 aliphatic heterocycles. The van der Waals surface area contributed by atoms with E-state index in [-0.39, 0.29) is 12.3 Å². The van der Waals surface area contributed by atoms with Crippen molar-refractivity contribution in [3.05, 3.63) is 64.7 Å². The van der Waals surface area contributed by atoms with Gasteiger partial charge >= 0.3 is 5.97 Å². The lowest BCUT2D eigenvalue weighted by atomic mass is 10.0. The van der Waals surface area contributed by atoms with E-state index in [9.17, 15) is 13.8 Å². The van der Waals surface area contributed by atoms with Gasteiger partial charge < -0.3 is 10.1 Å². The van der Waals surface area contributed by atoms with Crippen LogP contribution in [0.25, 0.3) is 0 Å². The zero-order valence-corrected chi connectivity index (χ0v) is 15.4. The number of carbonyl (C=O) groups excluding carboxylic acids is 2. The summed E-state index contributed by atoms with van der Waals surface area (Å²) in [6.07, 6.45) is 1.53. The lowest BCUT2D eigenvalue weighted by Crippen LogP contribution is -2.30. The number of amides is 1. The summed E-state index contributed by atoms with van der Waals surface area (Å²) in [6.45, 7) is 0. The van der Waals surface area contributed by atoms with Crippen LogP contribution in [0, 0.1) is 0 Å². The number of esters is 1. The predicted molar refractivity (Wildman–Crippen MR) is 97.1 cm³/mol. The standard InChI is InChI=1S/C18H18ClNO4S/c1-24-17(21)11-16(14-5-3-4-6-15(14)19)20-18(22)12-7-9-13(10-8-12)25(2)23/h3-10,16H,11H2,1-2H3,(H,20,22)/t16-,25-/m1/s1. The zero-order chi connectivity index (χ0) is 18.4. The van der Waals surface area contributed by atoms with Gasteiger partial charge in [-0.3, -0.25) is 13.8 Å². The second-order valence-corrected chi connectivity index (χ2v) is 7.09. The number of ether oxygens (including phenoxy) is 1. The molecule has 0 saturated carbocycles. The van der Waals surface area contributed by atoms with Gasteiger partial charge in [0.2, 0.25) is 0 Å². The van der Waals surface area contributed by atoms with E-state index in [2.05, 4.69) is 5.32 Å². The van der Waals surface area contributed by atoms with E-state index in [1.165, 1.54) is 7.11 Å². The van der Waals surface area contributed by atoms with Crippen molar-refractivity contribution in [1.29, 1.82) is 0 Å². The number of hydrogen-bond acceptors (Lipinski definition) is 4. The summed E-state index contributed by atoms with van der Waals surface area (Å²) in [5, 5.41) is 3.26. The molecule has 1 N–H and O–H groups in total. The van der Waals surface area contributed by atoms with Gasteiger partial charge in [0, 0.05) is 32.5 Å². The Labute approximate surface area is 153 Å². The third-order valence-electron chi connectivity index (χ3n) is 3.63. The minimum absolute atomic E-state index is 0.0387. The zero-order valence-electron chi connectivity index (χ0n) is 13.8. The van der Waals surface area contributed by atoms with Crippen molar-refractivity contribution >= 4 is 34.3 Å². The van der Waals surface area contributed by atoms with Gasteiger partial charge in [-0.1, -0.05) is 29.8 Å². The van der Waals surface area contributed by atoms with Gasteiger partial charge in [0.15, 0.2) is 0 Å². The van der Waals surface area contributed by atoms with Crippen molar-refractivity contribution in [2.75, 3.05) is 13.4 Å². The fraction of sp³-hybridized carbons (Fsp3) is 0.222. The molecule has 0 saturated heterocycles. The molecule has 0 aliphatic rings. The van der Waals surface area contributed by atoms with E-state index in [1.54, 1.807) is 54.8 Å². The summed E-state index contributed by atoms with van der Waals surface area (Å²) in [6, 6.07) is 12.8. The van der Waals surface area contributed by atoms with E-state index in [0.717, 1.165) is 0 Å². The van der Waals surface area contributed by atoms with Gasteiger partial charge in [-0.25, -0.2) is 0 Å². The minimum atomic E-state index is -1.11. The first kappa shape index (κ1) is 19.1. The Balaban J connectivity index is 2.23. The number of nitrogens with one attached hydrogen (secondary N) is 1. The molecule has 1 amide bonds. The topological polar surface area (TPSA) is 72.5 Å². The lowest BCUT2D eigenvalue weighted by Gasteiger charge is -2.19. The van der Waals surface area contributed by atoms with E-state index in [1.807, 2.05) is 0 Å². The van der Waals surface area contributed by atoms with Crippen molar-refractivity contribution < 1.29 is 18.5 Å². The molecule has 132 valence electrons. The van der Waals surface area contributed by atoms with Crippen LogP contribution in [-0.2, 0) is 20.3 Å². The lowest BCUT2D eigenvalue weighted by molar-refractivity contribution is -0.141. The molecule has 2 aromatic rings.